The van der Waals surface area contributed by atoms with Crippen LogP contribution in [0, 0.1) is 0 Å². The number of hydrogen-bond donors (Lipinski definition) is 1. The average Bonchev–Trinajstić information content (AvgIpc) is 3.28. The lowest BCUT2D eigenvalue weighted by Gasteiger charge is -2.21. The number of nitrogens with one attached hydrogen (secondary N) is 1. The molecule has 1 amide bonds. The van der Waals surface area contributed by atoms with E-state index >= 15 is 0 Å². The van der Waals surface area contributed by atoms with Crippen LogP contribution in [0.2, 0.25) is 0 Å². The van der Waals surface area contributed by atoms with Crippen LogP contribution in [0.4, 0.5) is 5.82 Å². The first-order chi connectivity index (χ1) is 13.3. The lowest BCUT2D eigenvalue weighted by atomic mass is 9.98. The number of benzene rings is 2. The molecule has 0 aliphatic carbocycles. The molecule has 4 rings (SSSR count). The topological polar surface area (TPSA) is 45.2 Å². The number of amides is 1. The van der Waals surface area contributed by atoms with Gasteiger partial charge in [-0.1, -0.05) is 60.7 Å². The standard InChI is InChI=1S/C23H23N3O/c27-23(20-13-14-24-21(17-20)26-15-7-8-16-26)25-22(18-9-3-1-4-10-18)19-11-5-2-6-12-19/h1-6,9-14,17,22H,7-8,15-16H2,(H,25,27). The number of hydrogen-bond acceptors (Lipinski definition) is 3. The minimum absolute atomic E-state index is 0.0875. The van der Waals surface area contributed by atoms with Crippen molar-refractivity contribution in [2.24, 2.45) is 0 Å². The molecule has 1 saturated heterocycles. The van der Waals surface area contributed by atoms with E-state index in [-0.39, 0.29) is 11.9 Å². The summed E-state index contributed by atoms with van der Waals surface area (Å²) in [6.45, 7) is 2.02. The largest absolute Gasteiger partial charge is 0.357 e. The second-order valence-electron chi connectivity index (χ2n) is 6.82. The molecular weight excluding hydrogens is 334 g/mol. The van der Waals surface area contributed by atoms with Crippen molar-refractivity contribution in [3.8, 4) is 0 Å². The molecular formula is C23H23N3O. The summed E-state index contributed by atoms with van der Waals surface area (Å²) < 4.78 is 0. The van der Waals surface area contributed by atoms with E-state index in [1.807, 2.05) is 66.7 Å². The lowest BCUT2D eigenvalue weighted by Crippen LogP contribution is -2.29. The Labute approximate surface area is 159 Å². The van der Waals surface area contributed by atoms with Crippen molar-refractivity contribution in [3.05, 3.63) is 95.7 Å². The Bertz CT molecular complexity index is 850. The molecule has 136 valence electrons. The summed E-state index contributed by atoms with van der Waals surface area (Å²) in [7, 11) is 0. The van der Waals surface area contributed by atoms with Crippen molar-refractivity contribution in [1.82, 2.24) is 10.3 Å². The first-order valence-electron chi connectivity index (χ1n) is 9.43. The molecule has 1 N–H and O–H groups in total. The number of pyridine rings is 1. The quantitative estimate of drug-likeness (QED) is 0.744. The summed E-state index contributed by atoms with van der Waals surface area (Å²) in [5.41, 5.74) is 2.76. The van der Waals surface area contributed by atoms with Gasteiger partial charge in [-0.05, 0) is 36.1 Å². The summed E-state index contributed by atoms with van der Waals surface area (Å²) in [4.78, 5) is 19.7. The van der Waals surface area contributed by atoms with Crippen molar-refractivity contribution in [2.45, 2.75) is 18.9 Å². The molecule has 27 heavy (non-hydrogen) atoms. The smallest absolute Gasteiger partial charge is 0.252 e. The van der Waals surface area contributed by atoms with E-state index in [4.69, 9.17) is 0 Å². The number of carbonyl (C=O) groups is 1. The van der Waals surface area contributed by atoms with Crippen LogP contribution in [0.15, 0.2) is 79.0 Å². The summed E-state index contributed by atoms with van der Waals surface area (Å²) in [6.07, 6.45) is 4.09. The highest BCUT2D eigenvalue weighted by atomic mass is 16.1. The van der Waals surface area contributed by atoms with E-state index in [1.165, 1.54) is 12.8 Å². The number of anilines is 1. The number of rotatable bonds is 5. The van der Waals surface area contributed by atoms with E-state index in [0.29, 0.717) is 5.56 Å². The van der Waals surface area contributed by atoms with Gasteiger partial charge in [-0.2, -0.15) is 0 Å². The van der Waals surface area contributed by atoms with Crippen molar-refractivity contribution < 1.29 is 4.79 Å². The van der Waals surface area contributed by atoms with Crippen LogP contribution in [0.5, 0.6) is 0 Å². The molecule has 0 atom stereocenters. The van der Waals surface area contributed by atoms with Crippen molar-refractivity contribution in [2.75, 3.05) is 18.0 Å². The molecule has 4 nitrogen and oxygen atoms in total. The highest BCUT2D eigenvalue weighted by molar-refractivity contribution is 5.95. The Kier molecular flexibility index (Phi) is 5.15. The highest BCUT2D eigenvalue weighted by Crippen LogP contribution is 2.23. The second-order valence-corrected chi connectivity index (χ2v) is 6.82. The van der Waals surface area contributed by atoms with Gasteiger partial charge in [0.05, 0.1) is 6.04 Å². The molecule has 0 saturated carbocycles. The van der Waals surface area contributed by atoms with Gasteiger partial charge in [-0.15, -0.1) is 0 Å². The van der Waals surface area contributed by atoms with Crippen molar-refractivity contribution in [3.63, 3.8) is 0 Å². The van der Waals surface area contributed by atoms with Gasteiger partial charge in [0.15, 0.2) is 0 Å². The zero-order chi connectivity index (χ0) is 18.5. The van der Waals surface area contributed by atoms with Gasteiger partial charge in [0.1, 0.15) is 5.82 Å². The molecule has 1 aliphatic rings. The maximum absolute atomic E-state index is 13.0. The van der Waals surface area contributed by atoms with Crippen LogP contribution >= 0.6 is 0 Å². The predicted molar refractivity (Wildman–Crippen MR) is 108 cm³/mol. The van der Waals surface area contributed by atoms with Gasteiger partial charge in [-0.3, -0.25) is 4.79 Å². The van der Waals surface area contributed by atoms with Crippen LogP contribution in [-0.4, -0.2) is 24.0 Å². The van der Waals surface area contributed by atoms with Gasteiger partial charge < -0.3 is 10.2 Å². The Hall–Kier alpha value is -3.14. The van der Waals surface area contributed by atoms with E-state index in [2.05, 4.69) is 15.2 Å². The maximum atomic E-state index is 13.0. The molecule has 0 spiro atoms. The van der Waals surface area contributed by atoms with Crippen LogP contribution in [0.3, 0.4) is 0 Å². The zero-order valence-electron chi connectivity index (χ0n) is 15.2. The lowest BCUT2D eigenvalue weighted by molar-refractivity contribution is 0.0943. The molecule has 1 aromatic heterocycles. The summed E-state index contributed by atoms with van der Waals surface area (Å²) in [5.74, 6) is 0.798. The Morgan fingerprint density at radius 3 is 2.07 bits per heavy atom. The molecule has 0 bridgehead atoms. The van der Waals surface area contributed by atoms with Crippen molar-refractivity contribution in [1.29, 1.82) is 0 Å². The molecule has 4 heteroatoms. The van der Waals surface area contributed by atoms with Crippen LogP contribution < -0.4 is 10.2 Å². The van der Waals surface area contributed by atoms with Gasteiger partial charge in [0.2, 0.25) is 0 Å². The van der Waals surface area contributed by atoms with Crippen LogP contribution in [0.25, 0.3) is 0 Å². The van der Waals surface area contributed by atoms with E-state index in [1.54, 1.807) is 12.3 Å². The molecule has 2 aromatic carbocycles. The minimum Gasteiger partial charge on any atom is -0.357 e. The second kappa shape index (κ2) is 8.04. The summed E-state index contributed by atoms with van der Waals surface area (Å²) in [6, 6.07) is 23.6. The summed E-state index contributed by atoms with van der Waals surface area (Å²) in [5, 5.41) is 3.20. The highest BCUT2D eigenvalue weighted by Gasteiger charge is 2.19. The van der Waals surface area contributed by atoms with Crippen LogP contribution in [-0.2, 0) is 0 Å². The minimum atomic E-state index is -0.191. The van der Waals surface area contributed by atoms with Gasteiger partial charge >= 0.3 is 0 Å². The number of aromatic nitrogens is 1. The third-order valence-corrected chi connectivity index (χ3v) is 4.98. The molecule has 3 aromatic rings. The summed E-state index contributed by atoms with van der Waals surface area (Å²) >= 11 is 0. The first-order valence-corrected chi connectivity index (χ1v) is 9.43. The van der Waals surface area contributed by atoms with Gasteiger partial charge in [-0.25, -0.2) is 4.98 Å². The van der Waals surface area contributed by atoms with Crippen molar-refractivity contribution >= 4 is 11.7 Å². The van der Waals surface area contributed by atoms with E-state index in [9.17, 15) is 4.79 Å². The van der Waals surface area contributed by atoms with Gasteiger partial charge in [0.25, 0.3) is 5.91 Å². The average molecular weight is 357 g/mol. The third-order valence-electron chi connectivity index (χ3n) is 4.98. The Balaban J connectivity index is 1.60. The maximum Gasteiger partial charge on any atom is 0.252 e. The van der Waals surface area contributed by atoms with E-state index < -0.39 is 0 Å². The molecule has 1 aliphatic heterocycles. The zero-order valence-corrected chi connectivity index (χ0v) is 15.2. The first kappa shape index (κ1) is 17.3. The SMILES string of the molecule is O=C(NC(c1ccccc1)c1ccccc1)c1ccnc(N2CCCC2)c1. The number of nitrogens with zero attached hydrogens (tertiary/aromatic N) is 2. The van der Waals surface area contributed by atoms with Crippen LogP contribution in [0.1, 0.15) is 40.4 Å². The normalized spacial score (nSPS) is 13.7. The molecule has 0 unspecified atom stereocenters. The fraction of sp³-hybridized carbons (Fsp3) is 0.217. The predicted octanol–water partition coefficient (Wildman–Crippen LogP) is 4.20. The Morgan fingerprint density at radius 2 is 1.48 bits per heavy atom. The molecule has 1 fully saturated rings. The van der Waals surface area contributed by atoms with E-state index in [0.717, 1.165) is 30.0 Å². The third kappa shape index (κ3) is 4.00. The number of carbonyl (C=O) groups excluding carboxylic acids is 1. The molecule has 0 radical (unpaired) electrons. The molecule has 2 heterocycles. The fourth-order valence-electron chi connectivity index (χ4n) is 3.54. The fourth-order valence-corrected chi connectivity index (χ4v) is 3.54. The van der Waals surface area contributed by atoms with Gasteiger partial charge in [0, 0.05) is 24.8 Å². The Morgan fingerprint density at radius 1 is 0.889 bits per heavy atom. The monoisotopic (exact) mass is 357 g/mol.